The average Bonchev–Trinajstić information content (AvgIpc) is 1.67. The summed E-state index contributed by atoms with van der Waals surface area (Å²) in [5.41, 5.74) is 5.08. The molecular weight excluding hydrogens is 140 g/mol. The van der Waals surface area contributed by atoms with E-state index in [1.54, 1.807) is 6.92 Å². The van der Waals surface area contributed by atoms with E-state index in [0.29, 0.717) is 6.61 Å². The Labute approximate surface area is 61.5 Å². The molecule has 0 radical (unpaired) electrons. The Hall–Kier alpha value is -0.280. The van der Waals surface area contributed by atoms with Crippen molar-refractivity contribution in [1.29, 1.82) is 5.41 Å². The molecule has 56 valence electrons. The molecule has 0 bridgehead atoms. The van der Waals surface area contributed by atoms with Crippen LogP contribution in [0.25, 0.3) is 0 Å². The largest absolute Gasteiger partial charge is 0.385 e. The summed E-state index contributed by atoms with van der Waals surface area (Å²) in [5, 5.41) is 6.86. The lowest BCUT2D eigenvalue weighted by atomic mass is 10.4. The lowest BCUT2D eigenvalue weighted by molar-refractivity contribution is 0.121. The summed E-state index contributed by atoms with van der Waals surface area (Å²) >= 11 is 0. The summed E-state index contributed by atoms with van der Waals surface area (Å²) in [7, 11) is 0. The van der Waals surface area contributed by atoms with Crippen molar-refractivity contribution in [2.45, 2.75) is 20.0 Å². The van der Waals surface area contributed by atoms with Gasteiger partial charge in [-0.15, -0.1) is 12.4 Å². The SMILES string of the molecule is CCOC(C)C(=N)N.Cl. The Morgan fingerprint density at radius 2 is 2.22 bits per heavy atom. The highest BCUT2D eigenvalue weighted by molar-refractivity contribution is 5.85. The van der Waals surface area contributed by atoms with Gasteiger partial charge in [0.2, 0.25) is 0 Å². The van der Waals surface area contributed by atoms with Gasteiger partial charge in [-0.05, 0) is 13.8 Å². The van der Waals surface area contributed by atoms with Crippen LogP contribution in [-0.2, 0) is 4.74 Å². The molecule has 0 rings (SSSR count). The van der Waals surface area contributed by atoms with E-state index in [-0.39, 0.29) is 24.3 Å². The van der Waals surface area contributed by atoms with Crippen LogP contribution in [0, 0.1) is 5.41 Å². The second-order valence-electron chi connectivity index (χ2n) is 1.55. The molecule has 9 heavy (non-hydrogen) atoms. The average molecular weight is 153 g/mol. The molecule has 0 aliphatic carbocycles. The molecule has 0 saturated carbocycles. The van der Waals surface area contributed by atoms with Crippen molar-refractivity contribution >= 4 is 18.2 Å². The first-order valence-corrected chi connectivity index (χ1v) is 2.64. The predicted molar refractivity (Wildman–Crippen MR) is 40.3 cm³/mol. The van der Waals surface area contributed by atoms with Gasteiger partial charge in [-0.1, -0.05) is 0 Å². The lowest BCUT2D eigenvalue weighted by Crippen LogP contribution is -2.27. The standard InChI is InChI=1S/C5H12N2O.ClH/c1-3-8-4(2)5(6)7;/h4H,3H2,1-2H3,(H3,6,7);1H. The Morgan fingerprint density at radius 3 is 2.33 bits per heavy atom. The first-order chi connectivity index (χ1) is 3.68. The number of rotatable bonds is 3. The van der Waals surface area contributed by atoms with Crippen molar-refractivity contribution in [1.82, 2.24) is 0 Å². The maximum Gasteiger partial charge on any atom is 0.120 e. The number of hydrogen-bond acceptors (Lipinski definition) is 2. The normalized spacial score (nSPS) is 11.8. The van der Waals surface area contributed by atoms with Gasteiger partial charge in [-0.2, -0.15) is 0 Å². The van der Waals surface area contributed by atoms with Crippen LogP contribution in [0.4, 0.5) is 0 Å². The number of ether oxygens (including phenoxy) is 1. The van der Waals surface area contributed by atoms with Crippen LogP contribution in [-0.4, -0.2) is 18.5 Å². The molecule has 0 aliphatic heterocycles. The van der Waals surface area contributed by atoms with E-state index in [1.165, 1.54) is 0 Å². The lowest BCUT2D eigenvalue weighted by Gasteiger charge is -2.07. The Kier molecular flexibility index (Phi) is 7.48. The highest BCUT2D eigenvalue weighted by Crippen LogP contribution is 1.86. The summed E-state index contributed by atoms with van der Waals surface area (Å²) in [6.45, 7) is 4.24. The second kappa shape index (κ2) is 5.85. The van der Waals surface area contributed by atoms with E-state index in [9.17, 15) is 0 Å². The molecule has 3 N–H and O–H groups in total. The number of nitrogens with one attached hydrogen (secondary N) is 1. The van der Waals surface area contributed by atoms with Crippen molar-refractivity contribution in [2.24, 2.45) is 5.73 Å². The van der Waals surface area contributed by atoms with E-state index < -0.39 is 0 Å². The van der Waals surface area contributed by atoms with Gasteiger partial charge in [0.05, 0.1) is 0 Å². The van der Waals surface area contributed by atoms with Gasteiger partial charge in [0, 0.05) is 6.61 Å². The third-order valence-corrected chi connectivity index (χ3v) is 0.855. The molecule has 0 fully saturated rings. The van der Waals surface area contributed by atoms with Crippen molar-refractivity contribution in [3.63, 3.8) is 0 Å². The van der Waals surface area contributed by atoms with Crippen LogP contribution in [0.5, 0.6) is 0 Å². The van der Waals surface area contributed by atoms with Crippen molar-refractivity contribution in [3.8, 4) is 0 Å². The van der Waals surface area contributed by atoms with Crippen molar-refractivity contribution in [3.05, 3.63) is 0 Å². The topological polar surface area (TPSA) is 59.1 Å². The summed E-state index contributed by atoms with van der Waals surface area (Å²) in [6, 6.07) is 0. The molecular formula is C5H13ClN2O. The first-order valence-electron chi connectivity index (χ1n) is 2.64. The van der Waals surface area contributed by atoms with Crippen LogP contribution < -0.4 is 5.73 Å². The minimum Gasteiger partial charge on any atom is -0.385 e. The zero-order chi connectivity index (χ0) is 6.57. The number of nitrogens with two attached hydrogens (primary N) is 1. The quantitative estimate of drug-likeness (QED) is 0.464. The zero-order valence-corrected chi connectivity index (χ0v) is 6.49. The molecule has 3 nitrogen and oxygen atoms in total. The van der Waals surface area contributed by atoms with Gasteiger partial charge in [-0.25, -0.2) is 0 Å². The molecule has 0 aliphatic rings. The van der Waals surface area contributed by atoms with Crippen LogP contribution >= 0.6 is 12.4 Å². The van der Waals surface area contributed by atoms with E-state index in [1.807, 2.05) is 6.92 Å². The molecule has 1 atom stereocenters. The molecule has 0 amide bonds. The number of hydrogen-bond donors (Lipinski definition) is 2. The summed E-state index contributed by atoms with van der Waals surface area (Å²) < 4.78 is 4.95. The van der Waals surface area contributed by atoms with Crippen LogP contribution in [0.2, 0.25) is 0 Å². The van der Waals surface area contributed by atoms with Gasteiger partial charge in [-0.3, -0.25) is 5.41 Å². The molecule has 0 aromatic carbocycles. The van der Waals surface area contributed by atoms with Crippen molar-refractivity contribution < 1.29 is 4.74 Å². The first kappa shape index (κ1) is 11.5. The summed E-state index contributed by atoms with van der Waals surface area (Å²) in [6.07, 6.45) is -0.222. The fourth-order valence-corrected chi connectivity index (χ4v) is 0.340. The monoisotopic (exact) mass is 152 g/mol. The van der Waals surface area contributed by atoms with E-state index in [0.717, 1.165) is 0 Å². The molecule has 1 unspecified atom stereocenters. The van der Waals surface area contributed by atoms with Gasteiger partial charge in [0.25, 0.3) is 0 Å². The smallest absolute Gasteiger partial charge is 0.120 e. The van der Waals surface area contributed by atoms with E-state index >= 15 is 0 Å². The molecule has 0 saturated heterocycles. The van der Waals surface area contributed by atoms with Gasteiger partial charge in [0.1, 0.15) is 11.9 Å². The zero-order valence-electron chi connectivity index (χ0n) is 5.68. The molecule has 0 aromatic rings. The second-order valence-corrected chi connectivity index (χ2v) is 1.55. The van der Waals surface area contributed by atoms with E-state index in [2.05, 4.69) is 0 Å². The van der Waals surface area contributed by atoms with Crippen molar-refractivity contribution in [2.75, 3.05) is 6.61 Å². The van der Waals surface area contributed by atoms with Gasteiger partial charge in [0.15, 0.2) is 0 Å². The molecule has 0 heterocycles. The number of amidine groups is 1. The maximum atomic E-state index is 6.86. The Balaban J connectivity index is 0. The molecule has 0 spiro atoms. The third kappa shape index (κ3) is 5.59. The highest BCUT2D eigenvalue weighted by Gasteiger charge is 2.00. The Bertz CT molecular complexity index is 87.0. The van der Waals surface area contributed by atoms with Crippen LogP contribution in [0.1, 0.15) is 13.8 Å². The Morgan fingerprint density at radius 1 is 1.78 bits per heavy atom. The minimum atomic E-state index is -0.222. The fourth-order valence-electron chi connectivity index (χ4n) is 0.340. The maximum absolute atomic E-state index is 6.86. The van der Waals surface area contributed by atoms with Crippen LogP contribution in [0.15, 0.2) is 0 Å². The minimum absolute atomic E-state index is 0. The summed E-state index contributed by atoms with van der Waals surface area (Å²) in [4.78, 5) is 0. The predicted octanol–water partition coefficient (Wildman–Crippen LogP) is 0.769. The van der Waals surface area contributed by atoms with Gasteiger partial charge < -0.3 is 10.5 Å². The van der Waals surface area contributed by atoms with Gasteiger partial charge >= 0.3 is 0 Å². The fraction of sp³-hybridized carbons (Fsp3) is 0.800. The van der Waals surface area contributed by atoms with Crippen LogP contribution in [0.3, 0.4) is 0 Å². The molecule has 4 heteroatoms. The molecule has 0 aromatic heterocycles. The number of halogens is 1. The third-order valence-electron chi connectivity index (χ3n) is 0.855. The highest BCUT2D eigenvalue weighted by atomic mass is 35.5. The van der Waals surface area contributed by atoms with E-state index in [4.69, 9.17) is 15.9 Å². The summed E-state index contributed by atoms with van der Waals surface area (Å²) in [5.74, 6) is 0.0897.